The summed E-state index contributed by atoms with van der Waals surface area (Å²) in [6.45, 7) is 3.38. The fraction of sp³-hybridized carbons (Fsp3) is 0.681. The number of carbonyl (C=O) groups is 3. The number of carbonyl (C=O) groups excluding carboxylic acids is 3. The minimum absolute atomic E-state index is 0.0127. The molecule has 0 spiro atoms. The predicted octanol–water partition coefficient (Wildman–Crippen LogP) is 12.2. The van der Waals surface area contributed by atoms with Crippen molar-refractivity contribution in [2.45, 2.75) is 180 Å². The van der Waals surface area contributed by atoms with Crippen LogP contribution in [0.2, 0.25) is 0 Å². The van der Waals surface area contributed by atoms with Crippen LogP contribution in [-0.4, -0.2) is 55.1 Å². The lowest BCUT2D eigenvalue weighted by Gasteiger charge is -2.19. The van der Waals surface area contributed by atoms with E-state index in [1.807, 2.05) is 12.2 Å². The van der Waals surface area contributed by atoms with E-state index in [2.05, 4.69) is 62.5 Å². The van der Waals surface area contributed by atoms with E-state index in [1.54, 1.807) is 6.08 Å². The van der Waals surface area contributed by atoms with Gasteiger partial charge in [0.2, 0.25) is 0 Å². The number of hydrogen-bond acceptors (Lipinski definition) is 9. The van der Waals surface area contributed by atoms with Gasteiger partial charge in [-0.15, -0.1) is 0 Å². The minimum Gasteiger partial charge on any atom is -0.462 e. The largest absolute Gasteiger partial charge is 0.472 e. The highest BCUT2D eigenvalue weighted by molar-refractivity contribution is 7.47. The molecule has 11 heteroatoms. The van der Waals surface area contributed by atoms with E-state index < -0.39 is 32.5 Å². The van der Waals surface area contributed by atoms with Gasteiger partial charge in [-0.3, -0.25) is 23.4 Å². The van der Waals surface area contributed by atoms with Crippen molar-refractivity contribution in [2.24, 2.45) is 5.73 Å². The summed E-state index contributed by atoms with van der Waals surface area (Å²) in [5.41, 5.74) is 5.33. The van der Waals surface area contributed by atoms with Crippen LogP contribution >= 0.6 is 7.82 Å². The first-order chi connectivity index (χ1) is 28.2. The Hall–Kier alpha value is -2.88. The first-order valence-electron chi connectivity index (χ1n) is 22.4. The summed E-state index contributed by atoms with van der Waals surface area (Å²) in [5.74, 6) is -1.22. The number of unbranched alkanes of at least 4 members (excludes halogenated alkanes) is 15. The number of ketones is 1. The molecular formula is C47H80NO9P. The molecule has 0 saturated carbocycles. The van der Waals surface area contributed by atoms with E-state index >= 15 is 0 Å². The van der Waals surface area contributed by atoms with Gasteiger partial charge in [-0.25, -0.2) is 4.57 Å². The van der Waals surface area contributed by atoms with Crippen LogP contribution < -0.4 is 5.73 Å². The Labute approximate surface area is 352 Å². The second kappa shape index (κ2) is 42.3. The van der Waals surface area contributed by atoms with Crippen LogP contribution in [0.15, 0.2) is 72.9 Å². The Morgan fingerprint density at radius 2 is 1.07 bits per heavy atom. The van der Waals surface area contributed by atoms with Crippen molar-refractivity contribution in [1.82, 2.24) is 0 Å². The average molecular weight is 834 g/mol. The standard InChI is InChI=1S/C47H80NO9P/c1-3-5-7-9-11-13-15-17-18-19-20-21-22-24-26-28-30-32-34-38-46(50)54-42-45(43-56-58(52,53)55-41-40-48)57-47(51)39-35-37-44(49)36-33-31-29-27-25-23-16-14-12-10-8-6-4-2/h11-14,17-18,23,25,29,31,33,36,45H,3-10,15-16,19-22,24,26-28,30,32,34-35,37-43,48H2,1-2H3,(H,52,53)/b13-11-,14-12-,18-17-,25-23-,31-29-,36-33+/t45-/m1/s1. The first kappa shape index (κ1) is 55.1. The SMILES string of the molecule is CCCCC/C=C\C/C=C\C/C=C\C=C\C(=O)CCCC(=O)O[C@H](COC(=O)CCCCCCCCCCC/C=C\C/C=C\CCCCC)COP(=O)(O)OCCN. The summed E-state index contributed by atoms with van der Waals surface area (Å²) in [5, 5.41) is 0. The number of nitrogens with two attached hydrogens (primary N) is 1. The molecule has 0 heterocycles. The lowest BCUT2D eigenvalue weighted by atomic mass is 10.1. The third-order valence-corrected chi connectivity index (χ3v) is 10.0. The molecule has 0 rings (SSSR count). The molecule has 0 radical (unpaired) electrons. The van der Waals surface area contributed by atoms with Gasteiger partial charge in [0, 0.05) is 25.8 Å². The zero-order valence-electron chi connectivity index (χ0n) is 36.2. The van der Waals surface area contributed by atoms with Crippen molar-refractivity contribution in [3.8, 4) is 0 Å². The molecule has 0 aliphatic heterocycles. The highest BCUT2D eigenvalue weighted by Crippen LogP contribution is 2.43. The van der Waals surface area contributed by atoms with E-state index in [0.29, 0.717) is 6.42 Å². The molecule has 10 nitrogen and oxygen atoms in total. The average Bonchev–Trinajstić information content (AvgIpc) is 3.20. The van der Waals surface area contributed by atoms with Crippen molar-refractivity contribution in [3.63, 3.8) is 0 Å². The number of phosphoric ester groups is 1. The Balaban J connectivity index is 4.33. The zero-order chi connectivity index (χ0) is 42.6. The Kier molecular flexibility index (Phi) is 40.2. The molecule has 3 N–H and O–H groups in total. The fourth-order valence-electron chi connectivity index (χ4n) is 5.68. The molecule has 0 amide bonds. The maximum Gasteiger partial charge on any atom is 0.472 e. The van der Waals surface area contributed by atoms with Gasteiger partial charge in [-0.05, 0) is 76.7 Å². The highest BCUT2D eigenvalue weighted by Gasteiger charge is 2.26. The fourth-order valence-corrected chi connectivity index (χ4v) is 6.44. The summed E-state index contributed by atoms with van der Waals surface area (Å²) >= 11 is 0. The van der Waals surface area contributed by atoms with E-state index in [-0.39, 0.29) is 51.2 Å². The van der Waals surface area contributed by atoms with Crippen LogP contribution in [0, 0.1) is 0 Å². The van der Waals surface area contributed by atoms with E-state index in [1.165, 1.54) is 83.1 Å². The molecule has 2 atom stereocenters. The predicted molar refractivity (Wildman–Crippen MR) is 238 cm³/mol. The summed E-state index contributed by atoms with van der Waals surface area (Å²) in [4.78, 5) is 47.1. The van der Waals surface area contributed by atoms with Gasteiger partial charge < -0.3 is 20.1 Å². The molecule has 0 fully saturated rings. The molecule has 0 aliphatic rings. The second-order valence-corrected chi connectivity index (χ2v) is 16.0. The topological polar surface area (TPSA) is 151 Å². The Bertz CT molecular complexity index is 1240. The maximum absolute atomic E-state index is 12.6. The van der Waals surface area contributed by atoms with Crippen molar-refractivity contribution >= 4 is 25.5 Å². The minimum atomic E-state index is -4.45. The third kappa shape index (κ3) is 41.3. The van der Waals surface area contributed by atoms with Gasteiger partial charge >= 0.3 is 19.8 Å². The van der Waals surface area contributed by atoms with E-state index in [4.69, 9.17) is 24.3 Å². The molecule has 1 unspecified atom stereocenters. The Morgan fingerprint density at radius 1 is 0.569 bits per heavy atom. The van der Waals surface area contributed by atoms with Crippen molar-refractivity contribution < 1.29 is 42.4 Å². The van der Waals surface area contributed by atoms with Crippen LogP contribution in [0.3, 0.4) is 0 Å². The third-order valence-electron chi connectivity index (χ3n) is 9.04. The molecule has 0 aromatic heterocycles. The van der Waals surface area contributed by atoms with Gasteiger partial charge in [-0.2, -0.15) is 0 Å². The van der Waals surface area contributed by atoms with Gasteiger partial charge in [-0.1, -0.05) is 151 Å². The zero-order valence-corrected chi connectivity index (χ0v) is 37.1. The van der Waals surface area contributed by atoms with Crippen LogP contribution in [0.25, 0.3) is 0 Å². The quantitative estimate of drug-likeness (QED) is 0.0152. The smallest absolute Gasteiger partial charge is 0.462 e. The number of ether oxygens (including phenoxy) is 2. The highest BCUT2D eigenvalue weighted by atomic mass is 31.2. The van der Waals surface area contributed by atoms with Crippen molar-refractivity contribution in [1.29, 1.82) is 0 Å². The summed E-state index contributed by atoms with van der Waals surface area (Å²) in [6.07, 6.45) is 47.9. The molecule has 0 aromatic carbocycles. The molecule has 58 heavy (non-hydrogen) atoms. The lowest BCUT2D eigenvalue weighted by molar-refractivity contribution is -0.161. The molecule has 0 bridgehead atoms. The first-order valence-corrected chi connectivity index (χ1v) is 23.9. The molecule has 332 valence electrons. The number of esters is 2. The van der Waals surface area contributed by atoms with Crippen LogP contribution in [0.4, 0.5) is 0 Å². The van der Waals surface area contributed by atoms with E-state index in [0.717, 1.165) is 51.4 Å². The van der Waals surface area contributed by atoms with Crippen LogP contribution in [0.1, 0.15) is 174 Å². The Morgan fingerprint density at radius 3 is 1.64 bits per heavy atom. The van der Waals surface area contributed by atoms with Gasteiger partial charge in [0.1, 0.15) is 6.61 Å². The summed E-state index contributed by atoms with van der Waals surface area (Å²) < 4.78 is 32.6. The van der Waals surface area contributed by atoms with Crippen molar-refractivity contribution in [2.75, 3.05) is 26.4 Å². The monoisotopic (exact) mass is 834 g/mol. The molecule has 0 aromatic rings. The lowest BCUT2D eigenvalue weighted by Crippen LogP contribution is -2.29. The molecule has 0 saturated heterocycles. The van der Waals surface area contributed by atoms with Gasteiger partial charge in [0.25, 0.3) is 0 Å². The molecular weight excluding hydrogens is 753 g/mol. The van der Waals surface area contributed by atoms with Gasteiger partial charge in [0.05, 0.1) is 13.2 Å². The molecule has 0 aliphatic carbocycles. The summed E-state index contributed by atoms with van der Waals surface area (Å²) in [6, 6.07) is 0. The maximum atomic E-state index is 12.6. The van der Waals surface area contributed by atoms with E-state index in [9.17, 15) is 23.8 Å². The number of phosphoric acid groups is 1. The number of hydrogen-bond donors (Lipinski definition) is 2. The van der Waals surface area contributed by atoms with Crippen LogP contribution in [-0.2, 0) is 37.5 Å². The van der Waals surface area contributed by atoms with Crippen molar-refractivity contribution in [3.05, 3.63) is 72.9 Å². The summed E-state index contributed by atoms with van der Waals surface area (Å²) in [7, 11) is -4.45. The number of rotatable bonds is 41. The van der Waals surface area contributed by atoms with Crippen LogP contribution in [0.5, 0.6) is 0 Å². The normalized spacial score (nSPS) is 13.9. The van der Waals surface area contributed by atoms with Gasteiger partial charge in [0.15, 0.2) is 11.9 Å². The number of allylic oxidation sites excluding steroid dienone is 12. The second-order valence-electron chi connectivity index (χ2n) is 14.6.